The molecule has 3 heteroatoms. The van der Waals surface area contributed by atoms with Gasteiger partial charge in [-0.1, -0.05) is 23.8 Å². The minimum Gasteiger partial charge on any atom is -0.426 e. The summed E-state index contributed by atoms with van der Waals surface area (Å²) < 4.78 is 5.21. The Balaban J connectivity index is 2.30. The van der Waals surface area contributed by atoms with Gasteiger partial charge in [-0.3, -0.25) is 9.78 Å². The average molecular weight is 241 g/mol. The molecule has 3 nitrogen and oxygen atoms in total. The van der Waals surface area contributed by atoms with E-state index in [0.29, 0.717) is 12.2 Å². The summed E-state index contributed by atoms with van der Waals surface area (Å²) >= 11 is 0. The predicted octanol–water partition coefficient (Wildman–Crippen LogP) is 2.91. The third kappa shape index (κ3) is 3.17. The Hall–Kier alpha value is -2.16. The third-order valence-corrected chi connectivity index (χ3v) is 2.57. The number of carbonyl (C=O) groups is 1. The zero-order valence-electron chi connectivity index (χ0n) is 10.5. The van der Waals surface area contributed by atoms with E-state index in [0.717, 1.165) is 16.8 Å². The Labute approximate surface area is 106 Å². The maximum Gasteiger partial charge on any atom is 0.308 e. The van der Waals surface area contributed by atoms with Gasteiger partial charge in [0.25, 0.3) is 0 Å². The van der Waals surface area contributed by atoms with Crippen molar-refractivity contribution in [1.82, 2.24) is 4.98 Å². The van der Waals surface area contributed by atoms with Gasteiger partial charge in [0.15, 0.2) is 0 Å². The number of aromatic nitrogens is 1. The molecule has 92 valence electrons. The predicted molar refractivity (Wildman–Crippen MR) is 69.5 cm³/mol. The van der Waals surface area contributed by atoms with Crippen LogP contribution in [0.5, 0.6) is 5.75 Å². The van der Waals surface area contributed by atoms with Crippen molar-refractivity contribution >= 4 is 5.97 Å². The molecule has 1 aromatic heterocycles. The average Bonchev–Trinajstić information content (AvgIpc) is 2.33. The van der Waals surface area contributed by atoms with Crippen molar-refractivity contribution < 1.29 is 9.53 Å². The van der Waals surface area contributed by atoms with Gasteiger partial charge in [0, 0.05) is 30.8 Å². The van der Waals surface area contributed by atoms with Crippen LogP contribution in [-0.4, -0.2) is 11.0 Å². The van der Waals surface area contributed by atoms with Gasteiger partial charge < -0.3 is 4.74 Å². The summed E-state index contributed by atoms with van der Waals surface area (Å²) in [4.78, 5) is 15.3. The molecule has 0 atom stereocenters. The first kappa shape index (κ1) is 12.3. The molecule has 0 fully saturated rings. The molecule has 0 aliphatic heterocycles. The fraction of sp³-hybridized carbons (Fsp3) is 0.200. The van der Waals surface area contributed by atoms with Crippen LogP contribution in [0.3, 0.4) is 0 Å². The fourth-order valence-electron chi connectivity index (χ4n) is 1.80. The van der Waals surface area contributed by atoms with Crippen molar-refractivity contribution in [2.24, 2.45) is 0 Å². The number of hydrogen-bond donors (Lipinski definition) is 0. The van der Waals surface area contributed by atoms with E-state index in [4.69, 9.17) is 4.74 Å². The van der Waals surface area contributed by atoms with Gasteiger partial charge in [-0.15, -0.1) is 0 Å². The van der Waals surface area contributed by atoms with Crippen LogP contribution < -0.4 is 4.74 Å². The zero-order valence-corrected chi connectivity index (χ0v) is 10.5. The standard InChI is InChI=1S/C15H15NO2/c1-11-6-7-15(18-12(2)17)13(9-11)10-14-5-3-4-8-16-14/h3-9H,10H2,1-2H3. The first-order valence-electron chi connectivity index (χ1n) is 5.83. The molecule has 0 saturated carbocycles. The Morgan fingerprint density at radius 2 is 2.11 bits per heavy atom. The Bertz CT molecular complexity index is 550. The van der Waals surface area contributed by atoms with Gasteiger partial charge in [-0.25, -0.2) is 0 Å². The Morgan fingerprint density at radius 3 is 2.78 bits per heavy atom. The molecule has 0 aliphatic rings. The lowest BCUT2D eigenvalue weighted by atomic mass is 10.1. The highest BCUT2D eigenvalue weighted by Gasteiger charge is 2.08. The number of ether oxygens (including phenoxy) is 1. The second kappa shape index (κ2) is 5.45. The quantitative estimate of drug-likeness (QED) is 0.612. The summed E-state index contributed by atoms with van der Waals surface area (Å²) in [6.07, 6.45) is 2.42. The second-order valence-electron chi connectivity index (χ2n) is 4.20. The minimum absolute atomic E-state index is 0.305. The summed E-state index contributed by atoms with van der Waals surface area (Å²) in [5, 5.41) is 0. The van der Waals surface area contributed by atoms with Crippen LogP contribution >= 0.6 is 0 Å². The maximum atomic E-state index is 11.1. The molecule has 0 spiro atoms. The lowest BCUT2D eigenvalue weighted by molar-refractivity contribution is -0.131. The molecular weight excluding hydrogens is 226 g/mol. The summed E-state index contributed by atoms with van der Waals surface area (Å²) in [6, 6.07) is 11.6. The first-order chi connectivity index (χ1) is 8.65. The summed E-state index contributed by atoms with van der Waals surface area (Å²) in [6.45, 7) is 3.42. The molecule has 0 aliphatic carbocycles. The van der Waals surface area contributed by atoms with Crippen LogP contribution in [0.1, 0.15) is 23.7 Å². The van der Waals surface area contributed by atoms with Crippen molar-refractivity contribution in [2.45, 2.75) is 20.3 Å². The van der Waals surface area contributed by atoms with E-state index >= 15 is 0 Å². The molecule has 2 rings (SSSR count). The van der Waals surface area contributed by atoms with Crippen molar-refractivity contribution in [1.29, 1.82) is 0 Å². The van der Waals surface area contributed by atoms with Gasteiger partial charge in [-0.05, 0) is 25.1 Å². The number of aryl methyl sites for hydroxylation is 1. The van der Waals surface area contributed by atoms with E-state index in [9.17, 15) is 4.79 Å². The zero-order chi connectivity index (χ0) is 13.0. The highest BCUT2D eigenvalue weighted by atomic mass is 16.5. The van der Waals surface area contributed by atoms with E-state index in [1.54, 1.807) is 6.20 Å². The molecule has 0 radical (unpaired) electrons. The number of nitrogens with zero attached hydrogens (tertiary/aromatic N) is 1. The molecular formula is C15H15NO2. The van der Waals surface area contributed by atoms with Crippen LogP contribution in [0.15, 0.2) is 42.6 Å². The molecule has 18 heavy (non-hydrogen) atoms. The molecule has 0 bridgehead atoms. The fourth-order valence-corrected chi connectivity index (χ4v) is 1.80. The second-order valence-corrected chi connectivity index (χ2v) is 4.20. The Morgan fingerprint density at radius 1 is 1.28 bits per heavy atom. The van der Waals surface area contributed by atoms with Crippen molar-refractivity contribution in [2.75, 3.05) is 0 Å². The smallest absolute Gasteiger partial charge is 0.308 e. The van der Waals surface area contributed by atoms with E-state index in [1.165, 1.54) is 6.92 Å². The first-order valence-corrected chi connectivity index (χ1v) is 5.83. The normalized spacial score (nSPS) is 10.1. The van der Waals surface area contributed by atoms with Gasteiger partial charge in [-0.2, -0.15) is 0 Å². The highest BCUT2D eigenvalue weighted by Crippen LogP contribution is 2.22. The molecule has 1 heterocycles. The number of pyridine rings is 1. The van der Waals surface area contributed by atoms with E-state index in [2.05, 4.69) is 4.98 Å². The highest BCUT2D eigenvalue weighted by molar-refractivity contribution is 5.70. The number of rotatable bonds is 3. The van der Waals surface area contributed by atoms with Gasteiger partial charge >= 0.3 is 5.97 Å². The van der Waals surface area contributed by atoms with Gasteiger partial charge in [0.2, 0.25) is 0 Å². The summed E-state index contributed by atoms with van der Waals surface area (Å²) in [7, 11) is 0. The number of esters is 1. The van der Waals surface area contributed by atoms with Crippen LogP contribution in [0.4, 0.5) is 0 Å². The van der Waals surface area contributed by atoms with Crippen molar-refractivity contribution in [3.63, 3.8) is 0 Å². The van der Waals surface area contributed by atoms with Crippen molar-refractivity contribution in [3.05, 3.63) is 59.4 Å². The van der Waals surface area contributed by atoms with Gasteiger partial charge in [0.05, 0.1) is 0 Å². The van der Waals surface area contributed by atoms with Crippen molar-refractivity contribution in [3.8, 4) is 5.75 Å². The summed E-state index contributed by atoms with van der Waals surface area (Å²) in [5.41, 5.74) is 3.07. The van der Waals surface area contributed by atoms with Crippen LogP contribution in [0, 0.1) is 6.92 Å². The van der Waals surface area contributed by atoms with E-state index in [1.807, 2.05) is 43.3 Å². The van der Waals surface area contributed by atoms with Gasteiger partial charge in [0.1, 0.15) is 5.75 Å². The lowest BCUT2D eigenvalue weighted by Gasteiger charge is -2.09. The van der Waals surface area contributed by atoms with E-state index in [-0.39, 0.29) is 5.97 Å². The van der Waals surface area contributed by atoms with Crippen LogP contribution in [0.25, 0.3) is 0 Å². The molecule has 0 amide bonds. The topological polar surface area (TPSA) is 39.2 Å². The molecule has 0 unspecified atom stereocenters. The number of benzene rings is 1. The third-order valence-electron chi connectivity index (χ3n) is 2.57. The van der Waals surface area contributed by atoms with Crippen LogP contribution in [0.2, 0.25) is 0 Å². The largest absolute Gasteiger partial charge is 0.426 e. The SMILES string of the molecule is CC(=O)Oc1ccc(C)cc1Cc1ccccn1. The van der Waals surface area contributed by atoms with Crippen LogP contribution in [-0.2, 0) is 11.2 Å². The maximum absolute atomic E-state index is 11.1. The number of carbonyl (C=O) groups excluding carboxylic acids is 1. The summed E-state index contributed by atoms with van der Waals surface area (Å²) in [5.74, 6) is 0.305. The Kier molecular flexibility index (Phi) is 3.72. The monoisotopic (exact) mass is 241 g/mol. The lowest BCUT2D eigenvalue weighted by Crippen LogP contribution is -2.05. The molecule has 2 aromatic rings. The molecule has 0 saturated heterocycles. The minimum atomic E-state index is -0.305. The number of hydrogen-bond acceptors (Lipinski definition) is 3. The van der Waals surface area contributed by atoms with E-state index < -0.39 is 0 Å². The molecule has 1 aromatic carbocycles. The molecule has 0 N–H and O–H groups in total.